The Morgan fingerprint density at radius 3 is 1.84 bits per heavy atom. The van der Waals surface area contributed by atoms with Crippen molar-refractivity contribution >= 4 is 29.9 Å². The Morgan fingerprint density at radius 1 is 0.742 bits per heavy atom. The number of hydrogen-bond donors (Lipinski definition) is 2. The molecule has 0 aliphatic rings. The maximum absolute atomic E-state index is 5.40. The number of guanidine groups is 1. The molecule has 0 amide bonds. The summed E-state index contributed by atoms with van der Waals surface area (Å²) < 4.78 is 26.8. The Morgan fingerprint density at radius 2 is 1.32 bits per heavy atom. The zero-order valence-corrected chi connectivity index (χ0v) is 21.2. The van der Waals surface area contributed by atoms with Gasteiger partial charge in [0, 0.05) is 20.1 Å². The van der Waals surface area contributed by atoms with Crippen molar-refractivity contribution in [3.05, 3.63) is 41.5 Å². The van der Waals surface area contributed by atoms with E-state index in [1.54, 1.807) is 42.6 Å². The molecule has 0 spiro atoms. The normalized spacial score (nSPS) is 10.6. The van der Waals surface area contributed by atoms with E-state index >= 15 is 0 Å². The molecule has 9 heteroatoms. The Bertz CT molecular complexity index is 836. The van der Waals surface area contributed by atoms with Gasteiger partial charge in [-0.2, -0.15) is 0 Å². The number of rotatable bonds is 10. The molecule has 0 heterocycles. The lowest BCUT2D eigenvalue weighted by molar-refractivity contribution is 0.323. The molecule has 0 atom stereocenters. The third-order valence-corrected chi connectivity index (χ3v) is 4.56. The highest BCUT2D eigenvalue weighted by atomic mass is 127. The zero-order chi connectivity index (χ0) is 21.9. The van der Waals surface area contributed by atoms with Gasteiger partial charge in [-0.1, -0.05) is 6.07 Å². The van der Waals surface area contributed by atoms with E-state index in [1.807, 2.05) is 30.3 Å². The SMILES string of the molecule is CN=C(NCCc1ccc(OC)c(OC)c1)NCc1cc(OC)c(OC)c(OC)c1.I. The Labute approximate surface area is 201 Å². The van der Waals surface area contributed by atoms with Gasteiger partial charge in [-0.15, -0.1) is 24.0 Å². The summed E-state index contributed by atoms with van der Waals surface area (Å²) in [4.78, 5) is 4.28. The molecule has 31 heavy (non-hydrogen) atoms. The van der Waals surface area contributed by atoms with Gasteiger partial charge >= 0.3 is 0 Å². The van der Waals surface area contributed by atoms with E-state index in [9.17, 15) is 0 Å². The summed E-state index contributed by atoms with van der Waals surface area (Å²) in [6, 6.07) is 9.73. The van der Waals surface area contributed by atoms with E-state index in [0.29, 0.717) is 36.3 Å². The maximum Gasteiger partial charge on any atom is 0.203 e. The molecule has 0 saturated carbocycles. The maximum atomic E-state index is 5.40. The number of halogens is 1. The van der Waals surface area contributed by atoms with Crippen molar-refractivity contribution in [3.63, 3.8) is 0 Å². The molecular formula is C22H32IN3O5. The van der Waals surface area contributed by atoms with Crippen molar-refractivity contribution in [3.8, 4) is 28.7 Å². The second kappa shape index (κ2) is 13.7. The van der Waals surface area contributed by atoms with E-state index in [0.717, 1.165) is 29.0 Å². The number of nitrogens with zero attached hydrogens (tertiary/aromatic N) is 1. The molecule has 0 aromatic heterocycles. The van der Waals surface area contributed by atoms with Gasteiger partial charge in [0.1, 0.15) is 0 Å². The average Bonchev–Trinajstić information content (AvgIpc) is 2.80. The first-order valence-electron chi connectivity index (χ1n) is 9.54. The molecule has 0 aliphatic heterocycles. The van der Waals surface area contributed by atoms with Crippen LogP contribution in [-0.4, -0.2) is 55.1 Å². The summed E-state index contributed by atoms with van der Waals surface area (Å²) in [6.45, 7) is 1.26. The fraction of sp³-hybridized carbons (Fsp3) is 0.409. The van der Waals surface area contributed by atoms with Gasteiger partial charge in [-0.05, 0) is 41.8 Å². The van der Waals surface area contributed by atoms with Crippen LogP contribution in [0.3, 0.4) is 0 Å². The van der Waals surface area contributed by atoms with Gasteiger partial charge in [0.2, 0.25) is 5.75 Å². The van der Waals surface area contributed by atoms with Crippen LogP contribution in [-0.2, 0) is 13.0 Å². The first-order valence-corrected chi connectivity index (χ1v) is 9.54. The van der Waals surface area contributed by atoms with Crippen molar-refractivity contribution in [2.24, 2.45) is 4.99 Å². The summed E-state index contributed by atoms with van der Waals surface area (Å²) in [7, 11) is 9.78. The number of ether oxygens (including phenoxy) is 5. The molecule has 2 rings (SSSR count). The molecule has 0 bridgehead atoms. The van der Waals surface area contributed by atoms with Crippen molar-refractivity contribution in [2.75, 3.05) is 49.1 Å². The van der Waals surface area contributed by atoms with E-state index in [1.165, 1.54) is 0 Å². The number of nitrogens with one attached hydrogen (secondary N) is 2. The molecule has 2 aromatic rings. The number of aliphatic imine (C=N–C) groups is 1. The van der Waals surface area contributed by atoms with Gasteiger partial charge in [-0.3, -0.25) is 4.99 Å². The Hall–Kier alpha value is -2.56. The van der Waals surface area contributed by atoms with Gasteiger partial charge in [0.05, 0.1) is 35.5 Å². The zero-order valence-electron chi connectivity index (χ0n) is 18.9. The Kier molecular flexibility index (Phi) is 11.7. The first-order chi connectivity index (χ1) is 14.6. The lowest BCUT2D eigenvalue weighted by Crippen LogP contribution is -2.37. The minimum atomic E-state index is 0. The van der Waals surface area contributed by atoms with Crippen LogP contribution in [0, 0.1) is 0 Å². The van der Waals surface area contributed by atoms with Crippen molar-refractivity contribution in [2.45, 2.75) is 13.0 Å². The highest BCUT2D eigenvalue weighted by Crippen LogP contribution is 2.38. The molecule has 0 unspecified atom stereocenters. The minimum Gasteiger partial charge on any atom is -0.493 e. The number of benzene rings is 2. The van der Waals surface area contributed by atoms with Gasteiger partial charge in [-0.25, -0.2) is 0 Å². The van der Waals surface area contributed by atoms with Crippen LogP contribution in [0.2, 0.25) is 0 Å². The van der Waals surface area contributed by atoms with Crippen LogP contribution < -0.4 is 34.3 Å². The van der Waals surface area contributed by atoms with Crippen molar-refractivity contribution in [1.82, 2.24) is 10.6 Å². The van der Waals surface area contributed by atoms with E-state index < -0.39 is 0 Å². The summed E-state index contributed by atoms with van der Waals surface area (Å²) in [5.41, 5.74) is 2.12. The van der Waals surface area contributed by atoms with Crippen LogP contribution in [0.4, 0.5) is 0 Å². The summed E-state index contributed by atoms with van der Waals surface area (Å²) in [5, 5.41) is 6.61. The largest absolute Gasteiger partial charge is 0.493 e. The second-order valence-corrected chi connectivity index (χ2v) is 6.33. The molecule has 2 N–H and O–H groups in total. The van der Waals surface area contributed by atoms with E-state index in [2.05, 4.69) is 15.6 Å². The lowest BCUT2D eigenvalue weighted by atomic mass is 10.1. The summed E-state index contributed by atoms with van der Waals surface area (Å²) >= 11 is 0. The quantitative estimate of drug-likeness (QED) is 0.270. The first kappa shape index (κ1) is 26.5. The second-order valence-electron chi connectivity index (χ2n) is 6.33. The molecule has 0 aliphatic carbocycles. The number of hydrogen-bond acceptors (Lipinski definition) is 6. The van der Waals surface area contributed by atoms with Crippen LogP contribution >= 0.6 is 24.0 Å². The van der Waals surface area contributed by atoms with Gasteiger partial charge < -0.3 is 34.3 Å². The standard InChI is InChI=1S/C22H31N3O5.HI/c1-23-22(24-10-9-15-7-8-17(26-2)18(11-15)27-3)25-14-16-12-19(28-4)21(30-6)20(13-16)29-5;/h7-8,11-13H,9-10,14H2,1-6H3,(H2,23,24,25);1H. The minimum absolute atomic E-state index is 0. The van der Waals surface area contributed by atoms with Crippen LogP contribution in [0.25, 0.3) is 0 Å². The van der Waals surface area contributed by atoms with E-state index in [4.69, 9.17) is 23.7 Å². The fourth-order valence-electron chi connectivity index (χ4n) is 3.01. The average molecular weight is 545 g/mol. The highest BCUT2D eigenvalue weighted by Gasteiger charge is 2.13. The molecule has 8 nitrogen and oxygen atoms in total. The predicted octanol–water partition coefficient (Wildman–Crippen LogP) is 3.26. The topological polar surface area (TPSA) is 82.6 Å². The Balaban J connectivity index is 0.00000480. The molecular weight excluding hydrogens is 513 g/mol. The van der Waals surface area contributed by atoms with Crippen LogP contribution in [0.1, 0.15) is 11.1 Å². The molecule has 0 radical (unpaired) electrons. The van der Waals surface area contributed by atoms with Crippen molar-refractivity contribution in [1.29, 1.82) is 0 Å². The summed E-state index contributed by atoms with van der Waals surface area (Å²) in [6.07, 6.45) is 0.811. The highest BCUT2D eigenvalue weighted by molar-refractivity contribution is 14.0. The van der Waals surface area contributed by atoms with E-state index in [-0.39, 0.29) is 24.0 Å². The predicted molar refractivity (Wildman–Crippen MR) is 133 cm³/mol. The van der Waals surface area contributed by atoms with Crippen molar-refractivity contribution < 1.29 is 23.7 Å². The monoisotopic (exact) mass is 545 g/mol. The molecule has 0 fully saturated rings. The third-order valence-electron chi connectivity index (χ3n) is 4.56. The molecule has 172 valence electrons. The summed E-state index contributed by atoms with van der Waals surface area (Å²) in [5.74, 6) is 3.94. The lowest BCUT2D eigenvalue weighted by Gasteiger charge is -2.16. The smallest absolute Gasteiger partial charge is 0.203 e. The number of methoxy groups -OCH3 is 5. The fourth-order valence-corrected chi connectivity index (χ4v) is 3.01. The van der Waals surface area contributed by atoms with Crippen LogP contribution in [0.15, 0.2) is 35.3 Å². The molecule has 0 saturated heterocycles. The third kappa shape index (κ3) is 7.27. The van der Waals surface area contributed by atoms with Crippen LogP contribution in [0.5, 0.6) is 28.7 Å². The van der Waals surface area contributed by atoms with Gasteiger partial charge in [0.15, 0.2) is 29.0 Å². The van der Waals surface area contributed by atoms with Gasteiger partial charge in [0.25, 0.3) is 0 Å². The molecule has 2 aromatic carbocycles.